The fourth-order valence-corrected chi connectivity index (χ4v) is 3.70. The Kier molecular flexibility index (Phi) is 10.9. The van der Waals surface area contributed by atoms with E-state index in [9.17, 15) is 14.7 Å². The Balaban J connectivity index is 1.73. The van der Waals surface area contributed by atoms with Crippen molar-refractivity contribution in [1.82, 2.24) is 4.90 Å². The minimum absolute atomic E-state index is 0.0271. The smallest absolute Gasteiger partial charge is 0.303 e. The van der Waals surface area contributed by atoms with Gasteiger partial charge >= 0.3 is 5.97 Å². The van der Waals surface area contributed by atoms with Crippen LogP contribution in [-0.2, 0) is 16.0 Å². The highest BCUT2D eigenvalue weighted by atomic mass is 16.4. The standard InChI is InChI=1S/C26H35NO4/c1-21(11-8-9-14-22-12-5-4-6-13-22)24(28)18-16-23-17-19-25(29)27(23)20-10-3-2-7-15-26(30)31/h4-6,12-13,16,18,21,23-24,28H,2-3,7,10-11,14-15,17,19-20H2,1H3,(H,30,31)/t21-,23-,24-/m0/s1. The SMILES string of the molecule is C[C@@H](CC#CCc1ccccc1)[C@@H](O)C=C[C@H]1CCC(=O)N1CCCCCCC(=O)O. The van der Waals surface area contributed by atoms with Crippen LogP contribution in [-0.4, -0.2) is 45.7 Å². The van der Waals surface area contributed by atoms with E-state index in [0.29, 0.717) is 25.8 Å². The number of aliphatic hydroxyl groups excluding tert-OH is 1. The average Bonchev–Trinajstić information content (AvgIpc) is 3.11. The lowest BCUT2D eigenvalue weighted by Gasteiger charge is -2.23. The molecule has 1 amide bonds. The number of benzene rings is 1. The van der Waals surface area contributed by atoms with Crippen LogP contribution in [0, 0.1) is 17.8 Å². The van der Waals surface area contributed by atoms with Crippen LogP contribution in [0.5, 0.6) is 0 Å². The first-order valence-corrected chi connectivity index (χ1v) is 11.3. The summed E-state index contributed by atoms with van der Waals surface area (Å²) in [7, 11) is 0. The van der Waals surface area contributed by atoms with Gasteiger partial charge < -0.3 is 15.1 Å². The Hall–Kier alpha value is -2.58. The third-order valence-electron chi connectivity index (χ3n) is 5.71. The minimum atomic E-state index is -0.755. The first-order chi connectivity index (χ1) is 15.0. The summed E-state index contributed by atoms with van der Waals surface area (Å²) in [6, 6.07) is 10.1. The van der Waals surface area contributed by atoms with Crippen molar-refractivity contribution < 1.29 is 19.8 Å². The zero-order chi connectivity index (χ0) is 22.5. The van der Waals surface area contributed by atoms with E-state index in [1.54, 1.807) is 0 Å². The summed E-state index contributed by atoms with van der Waals surface area (Å²) in [6.07, 6.45) is 9.44. The predicted octanol–water partition coefficient (Wildman–Crippen LogP) is 4.20. The quantitative estimate of drug-likeness (QED) is 0.299. The second kappa shape index (κ2) is 13.7. The van der Waals surface area contributed by atoms with Crippen molar-refractivity contribution in [3.8, 4) is 11.8 Å². The number of hydrogen-bond donors (Lipinski definition) is 2. The summed E-state index contributed by atoms with van der Waals surface area (Å²) >= 11 is 0. The molecule has 0 aliphatic carbocycles. The lowest BCUT2D eigenvalue weighted by molar-refractivity contribution is -0.137. The Labute approximate surface area is 186 Å². The summed E-state index contributed by atoms with van der Waals surface area (Å²) in [5.41, 5.74) is 1.19. The maximum atomic E-state index is 12.2. The lowest BCUT2D eigenvalue weighted by atomic mass is 9.99. The van der Waals surface area contributed by atoms with Crippen molar-refractivity contribution in [2.24, 2.45) is 5.92 Å². The number of likely N-dealkylation sites (tertiary alicyclic amines) is 1. The molecule has 3 atom stereocenters. The lowest BCUT2D eigenvalue weighted by Crippen LogP contribution is -2.33. The highest BCUT2D eigenvalue weighted by Gasteiger charge is 2.28. The molecule has 0 bridgehead atoms. The minimum Gasteiger partial charge on any atom is -0.481 e. The van der Waals surface area contributed by atoms with Crippen LogP contribution in [0.4, 0.5) is 0 Å². The molecule has 1 fully saturated rings. The molecular weight excluding hydrogens is 390 g/mol. The molecule has 5 nitrogen and oxygen atoms in total. The zero-order valence-corrected chi connectivity index (χ0v) is 18.5. The molecule has 2 rings (SSSR count). The molecular formula is C26H35NO4. The Bertz CT molecular complexity index is 778. The molecule has 0 aromatic heterocycles. The van der Waals surface area contributed by atoms with Crippen molar-refractivity contribution >= 4 is 11.9 Å². The van der Waals surface area contributed by atoms with E-state index in [1.165, 1.54) is 5.56 Å². The van der Waals surface area contributed by atoms with Crippen LogP contribution in [0.25, 0.3) is 0 Å². The maximum absolute atomic E-state index is 12.2. The summed E-state index contributed by atoms with van der Waals surface area (Å²) in [6.45, 7) is 2.68. The summed E-state index contributed by atoms with van der Waals surface area (Å²) in [5.74, 6) is 5.77. The van der Waals surface area contributed by atoms with Crippen LogP contribution in [0.3, 0.4) is 0 Å². The number of carboxylic acid groups (broad SMARTS) is 1. The molecule has 1 aromatic carbocycles. The fourth-order valence-electron chi connectivity index (χ4n) is 3.70. The number of aliphatic hydroxyl groups is 1. The number of aliphatic carboxylic acids is 1. The van der Waals surface area contributed by atoms with E-state index in [-0.39, 0.29) is 24.3 Å². The van der Waals surface area contributed by atoms with Crippen molar-refractivity contribution in [3.05, 3.63) is 48.0 Å². The van der Waals surface area contributed by atoms with Gasteiger partial charge in [0, 0.05) is 32.2 Å². The van der Waals surface area contributed by atoms with Crippen LogP contribution in [0.2, 0.25) is 0 Å². The number of unbranched alkanes of at least 4 members (excludes halogenated alkanes) is 3. The highest BCUT2D eigenvalue weighted by molar-refractivity contribution is 5.79. The number of amides is 1. The van der Waals surface area contributed by atoms with Crippen LogP contribution < -0.4 is 0 Å². The molecule has 0 unspecified atom stereocenters. The third-order valence-corrected chi connectivity index (χ3v) is 5.71. The van der Waals surface area contributed by atoms with E-state index < -0.39 is 12.1 Å². The largest absolute Gasteiger partial charge is 0.481 e. The van der Waals surface area contributed by atoms with Crippen molar-refractivity contribution in [1.29, 1.82) is 0 Å². The molecule has 1 heterocycles. The molecule has 2 N–H and O–H groups in total. The van der Waals surface area contributed by atoms with Crippen molar-refractivity contribution in [3.63, 3.8) is 0 Å². The molecule has 5 heteroatoms. The summed E-state index contributed by atoms with van der Waals surface area (Å²) in [4.78, 5) is 24.6. The molecule has 1 saturated heterocycles. The van der Waals surface area contributed by atoms with Gasteiger partial charge in [-0.1, -0.05) is 68.2 Å². The van der Waals surface area contributed by atoms with Gasteiger partial charge in [0.1, 0.15) is 0 Å². The van der Waals surface area contributed by atoms with Gasteiger partial charge in [0.15, 0.2) is 0 Å². The van der Waals surface area contributed by atoms with E-state index in [4.69, 9.17) is 5.11 Å². The van der Waals surface area contributed by atoms with Gasteiger partial charge in [0.2, 0.25) is 5.91 Å². The van der Waals surface area contributed by atoms with E-state index in [2.05, 4.69) is 24.0 Å². The number of carbonyl (C=O) groups excluding carboxylic acids is 1. The molecule has 1 aliphatic rings. The van der Waals surface area contributed by atoms with E-state index in [1.807, 2.05) is 42.2 Å². The maximum Gasteiger partial charge on any atom is 0.303 e. The normalized spacial score (nSPS) is 18.1. The van der Waals surface area contributed by atoms with Crippen molar-refractivity contribution in [2.75, 3.05) is 6.54 Å². The van der Waals surface area contributed by atoms with Gasteiger partial charge in [-0.05, 0) is 30.7 Å². The number of nitrogens with zero attached hydrogens (tertiary/aromatic N) is 1. The molecule has 1 aromatic rings. The van der Waals surface area contributed by atoms with Crippen LogP contribution in [0.1, 0.15) is 63.9 Å². The zero-order valence-electron chi connectivity index (χ0n) is 18.5. The average molecular weight is 426 g/mol. The summed E-state index contributed by atoms with van der Waals surface area (Å²) < 4.78 is 0. The first-order valence-electron chi connectivity index (χ1n) is 11.3. The summed E-state index contributed by atoms with van der Waals surface area (Å²) in [5, 5.41) is 19.1. The number of hydrogen-bond acceptors (Lipinski definition) is 3. The third kappa shape index (κ3) is 9.40. The van der Waals surface area contributed by atoms with Crippen LogP contribution in [0.15, 0.2) is 42.5 Å². The predicted molar refractivity (Wildman–Crippen MR) is 122 cm³/mol. The first kappa shape index (κ1) is 24.7. The second-order valence-electron chi connectivity index (χ2n) is 8.32. The van der Waals surface area contributed by atoms with Gasteiger partial charge in [-0.25, -0.2) is 0 Å². The van der Waals surface area contributed by atoms with Gasteiger partial charge in [0.05, 0.1) is 12.1 Å². The van der Waals surface area contributed by atoms with E-state index in [0.717, 1.165) is 32.1 Å². The Morgan fingerprint density at radius 2 is 1.94 bits per heavy atom. The van der Waals surface area contributed by atoms with E-state index >= 15 is 0 Å². The van der Waals surface area contributed by atoms with Gasteiger partial charge in [-0.2, -0.15) is 0 Å². The van der Waals surface area contributed by atoms with Crippen molar-refractivity contribution in [2.45, 2.75) is 76.9 Å². The van der Waals surface area contributed by atoms with Gasteiger partial charge in [-0.3, -0.25) is 9.59 Å². The van der Waals surface area contributed by atoms with Gasteiger partial charge in [0.25, 0.3) is 0 Å². The van der Waals surface area contributed by atoms with Gasteiger partial charge in [-0.15, -0.1) is 5.92 Å². The molecule has 0 spiro atoms. The molecule has 168 valence electrons. The topological polar surface area (TPSA) is 77.8 Å². The molecule has 31 heavy (non-hydrogen) atoms. The fraction of sp³-hybridized carbons (Fsp3) is 0.538. The number of rotatable bonds is 12. The number of carbonyl (C=O) groups is 2. The molecule has 0 saturated carbocycles. The Morgan fingerprint density at radius 3 is 2.68 bits per heavy atom. The second-order valence-corrected chi connectivity index (χ2v) is 8.32. The van der Waals surface area contributed by atoms with Crippen LogP contribution >= 0.6 is 0 Å². The highest BCUT2D eigenvalue weighted by Crippen LogP contribution is 2.22. The number of carboxylic acids is 1. The Morgan fingerprint density at radius 1 is 1.19 bits per heavy atom. The molecule has 1 aliphatic heterocycles. The monoisotopic (exact) mass is 425 g/mol. The molecule has 0 radical (unpaired) electrons.